The van der Waals surface area contributed by atoms with Gasteiger partial charge in [0.2, 0.25) is 5.91 Å². The summed E-state index contributed by atoms with van der Waals surface area (Å²) in [5, 5.41) is 12.1. The maximum absolute atomic E-state index is 13.6. The molecule has 2 unspecified atom stereocenters. The van der Waals surface area contributed by atoms with Gasteiger partial charge in [-0.1, -0.05) is 25.1 Å². The Balaban J connectivity index is 2.34. The monoisotopic (exact) mass is 283 g/mol. The molecule has 0 heterocycles. The molecule has 1 rings (SSSR count). The van der Waals surface area contributed by atoms with Gasteiger partial charge in [-0.3, -0.25) is 4.79 Å². The lowest BCUT2D eigenvalue weighted by atomic mass is 9.97. The number of methoxy groups -OCH3 is 1. The van der Waals surface area contributed by atoms with Crippen LogP contribution in [0, 0.1) is 5.82 Å². The second kappa shape index (κ2) is 8.66. The molecule has 0 saturated heterocycles. The van der Waals surface area contributed by atoms with Crippen molar-refractivity contribution < 1.29 is 19.0 Å². The number of hydrogen-bond donors (Lipinski definition) is 2. The molecule has 5 heteroatoms. The van der Waals surface area contributed by atoms with Crippen LogP contribution in [0.25, 0.3) is 0 Å². The molecular weight excluding hydrogens is 261 g/mol. The van der Waals surface area contributed by atoms with Gasteiger partial charge < -0.3 is 15.2 Å². The van der Waals surface area contributed by atoms with Crippen molar-refractivity contribution in [2.24, 2.45) is 0 Å². The zero-order chi connectivity index (χ0) is 15.0. The summed E-state index contributed by atoms with van der Waals surface area (Å²) in [6.07, 6.45) is 0.0823. The number of aliphatic hydroxyl groups excluding tert-OH is 1. The number of aliphatic hydroxyl groups is 1. The van der Waals surface area contributed by atoms with Crippen LogP contribution in [0.5, 0.6) is 0 Å². The highest BCUT2D eigenvalue weighted by Gasteiger charge is 2.14. The van der Waals surface area contributed by atoms with Crippen molar-refractivity contribution in [3.05, 3.63) is 35.6 Å². The summed E-state index contributed by atoms with van der Waals surface area (Å²) in [7, 11) is 1.51. The maximum Gasteiger partial charge on any atom is 0.220 e. The zero-order valence-corrected chi connectivity index (χ0v) is 11.9. The quantitative estimate of drug-likeness (QED) is 0.765. The molecule has 0 aromatic heterocycles. The lowest BCUT2D eigenvalue weighted by Gasteiger charge is -2.14. The topological polar surface area (TPSA) is 58.6 Å². The van der Waals surface area contributed by atoms with Gasteiger partial charge >= 0.3 is 0 Å². The van der Waals surface area contributed by atoms with Gasteiger partial charge in [-0.2, -0.15) is 0 Å². The molecule has 2 atom stereocenters. The van der Waals surface area contributed by atoms with Gasteiger partial charge in [-0.25, -0.2) is 4.39 Å². The van der Waals surface area contributed by atoms with E-state index in [2.05, 4.69) is 5.32 Å². The minimum absolute atomic E-state index is 0.148. The Hall–Kier alpha value is -1.46. The van der Waals surface area contributed by atoms with Crippen LogP contribution in [0.15, 0.2) is 24.3 Å². The van der Waals surface area contributed by atoms with Crippen molar-refractivity contribution in [3.63, 3.8) is 0 Å². The Morgan fingerprint density at radius 3 is 2.80 bits per heavy atom. The minimum Gasteiger partial charge on any atom is -0.391 e. The number of hydrogen-bond acceptors (Lipinski definition) is 3. The van der Waals surface area contributed by atoms with E-state index in [-0.39, 0.29) is 30.7 Å². The van der Waals surface area contributed by atoms with E-state index < -0.39 is 6.10 Å². The summed E-state index contributed by atoms with van der Waals surface area (Å²) in [4.78, 5) is 11.7. The average molecular weight is 283 g/mol. The van der Waals surface area contributed by atoms with E-state index >= 15 is 0 Å². The van der Waals surface area contributed by atoms with Crippen molar-refractivity contribution in [3.8, 4) is 0 Å². The first-order valence-corrected chi connectivity index (χ1v) is 6.72. The van der Waals surface area contributed by atoms with Gasteiger partial charge in [0, 0.05) is 20.1 Å². The van der Waals surface area contributed by atoms with E-state index in [0.717, 1.165) is 0 Å². The number of carbonyl (C=O) groups is 1. The molecule has 1 amide bonds. The molecule has 0 fully saturated rings. The second-order valence-electron chi connectivity index (χ2n) is 4.87. The van der Waals surface area contributed by atoms with Gasteiger partial charge in [0.15, 0.2) is 0 Å². The van der Waals surface area contributed by atoms with E-state index in [0.29, 0.717) is 18.5 Å². The molecule has 1 aromatic rings. The third kappa shape index (κ3) is 5.67. The Kier molecular flexibility index (Phi) is 7.18. The molecule has 0 aliphatic heterocycles. The first-order chi connectivity index (χ1) is 9.54. The molecule has 20 heavy (non-hydrogen) atoms. The van der Waals surface area contributed by atoms with Crippen LogP contribution in [-0.2, 0) is 9.53 Å². The number of amides is 1. The van der Waals surface area contributed by atoms with Crippen molar-refractivity contribution in [1.82, 2.24) is 5.32 Å². The fourth-order valence-electron chi connectivity index (χ4n) is 1.99. The van der Waals surface area contributed by atoms with Crippen LogP contribution in [0.3, 0.4) is 0 Å². The number of halogens is 1. The summed E-state index contributed by atoms with van der Waals surface area (Å²) >= 11 is 0. The predicted molar refractivity (Wildman–Crippen MR) is 74.9 cm³/mol. The largest absolute Gasteiger partial charge is 0.391 e. The fourth-order valence-corrected chi connectivity index (χ4v) is 1.99. The molecule has 0 radical (unpaired) electrons. The normalized spacial score (nSPS) is 13.8. The molecule has 1 aromatic carbocycles. The van der Waals surface area contributed by atoms with Gasteiger partial charge in [0.25, 0.3) is 0 Å². The Morgan fingerprint density at radius 2 is 2.15 bits per heavy atom. The smallest absolute Gasteiger partial charge is 0.220 e. The highest BCUT2D eigenvalue weighted by atomic mass is 19.1. The third-order valence-electron chi connectivity index (χ3n) is 3.09. The summed E-state index contributed by atoms with van der Waals surface area (Å²) in [6, 6.07) is 6.47. The number of ether oxygens (including phenoxy) is 1. The highest BCUT2D eigenvalue weighted by molar-refractivity contribution is 5.76. The number of rotatable bonds is 8. The molecule has 0 aliphatic rings. The predicted octanol–water partition coefficient (Wildman–Crippen LogP) is 1.83. The van der Waals surface area contributed by atoms with Gasteiger partial charge in [-0.15, -0.1) is 0 Å². The molecule has 112 valence electrons. The molecular formula is C15H22FNO3. The van der Waals surface area contributed by atoms with Crippen LogP contribution in [0.2, 0.25) is 0 Å². The van der Waals surface area contributed by atoms with E-state index in [1.807, 2.05) is 6.92 Å². The summed E-state index contributed by atoms with van der Waals surface area (Å²) < 4.78 is 18.3. The molecule has 0 bridgehead atoms. The zero-order valence-electron chi connectivity index (χ0n) is 11.9. The first-order valence-electron chi connectivity index (χ1n) is 6.72. The van der Waals surface area contributed by atoms with E-state index in [4.69, 9.17) is 4.74 Å². The van der Waals surface area contributed by atoms with Crippen LogP contribution in [-0.4, -0.2) is 37.4 Å². The van der Waals surface area contributed by atoms with Gasteiger partial charge in [-0.05, 0) is 24.0 Å². The van der Waals surface area contributed by atoms with Gasteiger partial charge in [0.05, 0.1) is 12.7 Å². The van der Waals surface area contributed by atoms with Crippen LogP contribution < -0.4 is 5.32 Å². The van der Waals surface area contributed by atoms with Crippen molar-refractivity contribution in [2.45, 2.75) is 31.8 Å². The second-order valence-corrected chi connectivity index (χ2v) is 4.87. The summed E-state index contributed by atoms with van der Waals surface area (Å²) in [5.74, 6) is -0.617. The SMILES string of the molecule is COCC(O)CCNC(=O)CC(C)c1ccccc1F. The maximum atomic E-state index is 13.6. The molecule has 4 nitrogen and oxygen atoms in total. The first kappa shape index (κ1) is 16.6. The summed E-state index contributed by atoms with van der Waals surface area (Å²) in [6.45, 7) is 2.45. The highest BCUT2D eigenvalue weighted by Crippen LogP contribution is 2.21. The lowest BCUT2D eigenvalue weighted by molar-refractivity contribution is -0.121. The lowest BCUT2D eigenvalue weighted by Crippen LogP contribution is -2.29. The third-order valence-corrected chi connectivity index (χ3v) is 3.09. The van der Waals surface area contributed by atoms with Crippen LogP contribution in [0.4, 0.5) is 4.39 Å². The number of benzene rings is 1. The van der Waals surface area contributed by atoms with Gasteiger partial charge in [0.1, 0.15) is 5.82 Å². The van der Waals surface area contributed by atoms with E-state index in [1.165, 1.54) is 13.2 Å². The Morgan fingerprint density at radius 1 is 1.45 bits per heavy atom. The van der Waals surface area contributed by atoms with Crippen molar-refractivity contribution >= 4 is 5.91 Å². The Labute approximate surface area is 119 Å². The number of carbonyl (C=O) groups excluding carboxylic acids is 1. The number of nitrogens with one attached hydrogen (secondary N) is 1. The van der Waals surface area contributed by atoms with E-state index in [9.17, 15) is 14.3 Å². The van der Waals surface area contributed by atoms with E-state index in [1.54, 1.807) is 18.2 Å². The molecule has 0 spiro atoms. The van der Waals surface area contributed by atoms with Crippen LogP contribution in [0.1, 0.15) is 31.2 Å². The fraction of sp³-hybridized carbons (Fsp3) is 0.533. The summed E-state index contributed by atoms with van der Waals surface area (Å²) in [5.41, 5.74) is 0.544. The molecule has 0 saturated carbocycles. The molecule has 2 N–H and O–H groups in total. The van der Waals surface area contributed by atoms with Crippen molar-refractivity contribution in [2.75, 3.05) is 20.3 Å². The Bertz CT molecular complexity index is 425. The van der Waals surface area contributed by atoms with Crippen LogP contribution >= 0.6 is 0 Å². The average Bonchev–Trinajstić information content (AvgIpc) is 2.39. The molecule has 0 aliphatic carbocycles. The van der Waals surface area contributed by atoms with Crippen molar-refractivity contribution in [1.29, 1.82) is 0 Å². The minimum atomic E-state index is -0.579. The standard InChI is InChI=1S/C15H22FNO3/c1-11(13-5-3-4-6-14(13)16)9-15(19)17-8-7-12(18)10-20-2/h3-6,11-12,18H,7-10H2,1-2H3,(H,17,19).